The quantitative estimate of drug-likeness (QED) is 0.782. The Morgan fingerprint density at radius 2 is 1.82 bits per heavy atom. The molecule has 5 heteroatoms. The summed E-state index contributed by atoms with van der Waals surface area (Å²) in [6.07, 6.45) is 1.73. The SMILES string of the molecule is CC(C)(O)Cn1cnc2ccc(Oc3ccc(Cl)cc3)cc21. The molecular weight excluding hydrogens is 300 g/mol. The Hall–Kier alpha value is -2.04. The lowest BCUT2D eigenvalue weighted by atomic mass is 10.1. The molecule has 0 bridgehead atoms. The van der Waals surface area contributed by atoms with E-state index >= 15 is 0 Å². The maximum atomic E-state index is 9.99. The highest BCUT2D eigenvalue weighted by atomic mass is 35.5. The van der Waals surface area contributed by atoms with Crippen molar-refractivity contribution < 1.29 is 9.84 Å². The second-order valence-corrected chi connectivity index (χ2v) is 6.33. The number of ether oxygens (including phenoxy) is 1. The van der Waals surface area contributed by atoms with Gasteiger partial charge in [0.05, 0.1) is 29.5 Å². The number of hydrogen-bond acceptors (Lipinski definition) is 3. The molecule has 1 aromatic heterocycles. The highest BCUT2D eigenvalue weighted by Crippen LogP contribution is 2.26. The summed E-state index contributed by atoms with van der Waals surface area (Å²) in [5.74, 6) is 1.43. The summed E-state index contributed by atoms with van der Waals surface area (Å²) >= 11 is 5.87. The summed E-state index contributed by atoms with van der Waals surface area (Å²) in [5, 5.41) is 10.7. The van der Waals surface area contributed by atoms with E-state index in [4.69, 9.17) is 16.3 Å². The molecule has 1 N–H and O–H groups in total. The molecule has 0 aliphatic heterocycles. The van der Waals surface area contributed by atoms with Gasteiger partial charge in [0.15, 0.2) is 0 Å². The van der Waals surface area contributed by atoms with Crippen LogP contribution in [-0.2, 0) is 6.54 Å². The number of fused-ring (bicyclic) bond motifs is 1. The van der Waals surface area contributed by atoms with Crippen molar-refractivity contribution in [2.45, 2.75) is 26.0 Å². The highest BCUT2D eigenvalue weighted by Gasteiger charge is 2.15. The van der Waals surface area contributed by atoms with Crippen molar-refractivity contribution in [2.24, 2.45) is 0 Å². The van der Waals surface area contributed by atoms with Crippen LogP contribution in [0.2, 0.25) is 5.02 Å². The number of nitrogens with zero attached hydrogens (tertiary/aromatic N) is 2. The molecule has 0 amide bonds. The van der Waals surface area contributed by atoms with E-state index in [-0.39, 0.29) is 0 Å². The standard InChI is InChI=1S/C17H17ClN2O2/c1-17(2,21)10-20-11-19-15-8-7-14(9-16(15)20)22-13-5-3-12(18)4-6-13/h3-9,11,21H,10H2,1-2H3. The van der Waals surface area contributed by atoms with Crippen molar-refractivity contribution >= 4 is 22.6 Å². The van der Waals surface area contributed by atoms with Gasteiger partial charge in [0.2, 0.25) is 0 Å². The molecule has 22 heavy (non-hydrogen) atoms. The van der Waals surface area contributed by atoms with Crippen LogP contribution in [0.1, 0.15) is 13.8 Å². The Bertz CT molecular complexity index is 789. The minimum absolute atomic E-state index is 0.466. The molecular formula is C17H17ClN2O2. The van der Waals surface area contributed by atoms with Crippen molar-refractivity contribution in [2.75, 3.05) is 0 Å². The minimum Gasteiger partial charge on any atom is -0.457 e. The molecule has 0 radical (unpaired) electrons. The van der Waals surface area contributed by atoms with Crippen molar-refractivity contribution in [3.63, 3.8) is 0 Å². The van der Waals surface area contributed by atoms with E-state index in [0.717, 1.165) is 16.8 Å². The molecule has 114 valence electrons. The fourth-order valence-electron chi connectivity index (χ4n) is 2.28. The first-order chi connectivity index (χ1) is 10.4. The third-order valence-electron chi connectivity index (χ3n) is 3.20. The summed E-state index contributed by atoms with van der Waals surface area (Å²) in [5.41, 5.74) is 0.988. The molecule has 0 aliphatic rings. The molecule has 0 spiro atoms. The van der Waals surface area contributed by atoms with Gasteiger partial charge in [-0.15, -0.1) is 0 Å². The first-order valence-corrected chi connectivity index (χ1v) is 7.39. The van der Waals surface area contributed by atoms with Crippen LogP contribution in [-0.4, -0.2) is 20.3 Å². The van der Waals surface area contributed by atoms with Gasteiger partial charge in [-0.3, -0.25) is 0 Å². The van der Waals surface area contributed by atoms with Crippen LogP contribution in [0.3, 0.4) is 0 Å². The normalized spacial score (nSPS) is 11.8. The smallest absolute Gasteiger partial charge is 0.129 e. The topological polar surface area (TPSA) is 47.3 Å². The molecule has 3 rings (SSSR count). The highest BCUT2D eigenvalue weighted by molar-refractivity contribution is 6.30. The van der Waals surface area contributed by atoms with Gasteiger partial charge in [-0.25, -0.2) is 4.98 Å². The van der Waals surface area contributed by atoms with E-state index < -0.39 is 5.60 Å². The van der Waals surface area contributed by atoms with Crippen molar-refractivity contribution in [3.05, 3.63) is 53.8 Å². The first kappa shape index (κ1) is 14.9. The maximum Gasteiger partial charge on any atom is 0.129 e. The van der Waals surface area contributed by atoms with Crippen LogP contribution in [0.4, 0.5) is 0 Å². The molecule has 2 aromatic carbocycles. The van der Waals surface area contributed by atoms with Gasteiger partial charge in [0, 0.05) is 11.1 Å². The zero-order valence-corrected chi connectivity index (χ0v) is 13.2. The number of hydrogen-bond donors (Lipinski definition) is 1. The number of imidazole rings is 1. The van der Waals surface area contributed by atoms with Crippen LogP contribution < -0.4 is 4.74 Å². The fourth-order valence-corrected chi connectivity index (χ4v) is 2.41. The van der Waals surface area contributed by atoms with Crippen LogP contribution >= 0.6 is 11.6 Å². The van der Waals surface area contributed by atoms with E-state index in [9.17, 15) is 5.11 Å². The maximum absolute atomic E-state index is 9.99. The number of halogens is 1. The second kappa shape index (κ2) is 5.63. The Labute approximate surface area is 133 Å². The lowest BCUT2D eigenvalue weighted by Gasteiger charge is -2.18. The molecule has 0 unspecified atom stereocenters. The van der Waals surface area contributed by atoms with Gasteiger partial charge in [-0.2, -0.15) is 0 Å². The molecule has 0 fully saturated rings. The van der Waals surface area contributed by atoms with Gasteiger partial charge in [-0.05, 0) is 50.2 Å². The van der Waals surface area contributed by atoms with Crippen LogP contribution in [0, 0.1) is 0 Å². The molecule has 4 nitrogen and oxygen atoms in total. The second-order valence-electron chi connectivity index (χ2n) is 5.89. The number of aromatic nitrogens is 2. The Morgan fingerprint density at radius 3 is 2.50 bits per heavy atom. The summed E-state index contributed by atoms with van der Waals surface area (Å²) in [6.45, 7) is 4.01. The summed E-state index contributed by atoms with van der Waals surface area (Å²) in [4.78, 5) is 4.34. The van der Waals surface area contributed by atoms with Crippen molar-refractivity contribution in [1.29, 1.82) is 0 Å². The van der Waals surface area contributed by atoms with E-state index in [1.54, 1.807) is 32.3 Å². The van der Waals surface area contributed by atoms with E-state index in [0.29, 0.717) is 17.3 Å². The van der Waals surface area contributed by atoms with Crippen LogP contribution in [0.15, 0.2) is 48.8 Å². The Kier molecular flexibility index (Phi) is 3.81. The van der Waals surface area contributed by atoms with Crippen molar-refractivity contribution in [3.8, 4) is 11.5 Å². The minimum atomic E-state index is -0.805. The average molecular weight is 317 g/mol. The van der Waals surface area contributed by atoms with Crippen LogP contribution in [0.25, 0.3) is 11.0 Å². The van der Waals surface area contributed by atoms with Gasteiger partial charge in [0.1, 0.15) is 11.5 Å². The zero-order valence-electron chi connectivity index (χ0n) is 12.5. The van der Waals surface area contributed by atoms with Gasteiger partial charge < -0.3 is 14.4 Å². The first-order valence-electron chi connectivity index (χ1n) is 7.01. The van der Waals surface area contributed by atoms with E-state index in [2.05, 4.69) is 4.98 Å². The molecule has 1 heterocycles. The zero-order chi connectivity index (χ0) is 15.7. The molecule has 0 saturated heterocycles. The molecule has 0 atom stereocenters. The summed E-state index contributed by atoms with van der Waals surface area (Å²) in [6, 6.07) is 12.9. The van der Waals surface area contributed by atoms with E-state index in [1.807, 2.05) is 34.9 Å². The van der Waals surface area contributed by atoms with E-state index in [1.165, 1.54) is 0 Å². The lowest BCUT2D eigenvalue weighted by molar-refractivity contribution is 0.0626. The predicted octanol–water partition coefficient (Wildman–Crippen LogP) is 4.25. The van der Waals surface area contributed by atoms with Gasteiger partial charge >= 0.3 is 0 Å². The average Bonchev–Trinajstić information content (AvgIpc) is 2.82. The third kappa shape index (κ3) is 3.40. The molecule has 3 aromatic rings. The van der Waals surface area contributed by atoms with Crippen molar-refractivity contribution in [1.82, 2.24) is 9.55 Å². The van der Waals surface area contributed by atoms with Crippen LogP contribution in [0.5, 0.6) is 11.5 Å². The summed E-state index contributed by atoms with van der Waals surface area (Å²) < 4.78 is 7.75. The third-order valence-corrected chi connectivity index (χ3v) is 3.45. The Balaban J connectivity index is 1.91. The number of aliphatic hydroxyl groups is 1. The predicted molar refractivity (Wildman–Crippen MR) is 87.6 cm³/mol. The molecule has 0 aliphatic carbocycles. The van der Waals surface area contributed by atoms with Gasteiger partial charge in [-0.1, -0.05) is 11.6 Å². The largest absolute Gasteiger partial charge is 0.457 e. The molecule has 0 saturated carbocycles. The van der Waals surface area contributed by atoms with Gasteiger partial charge in [0.25, 0.3) is 0 Å². The number of rotatable bonds is 4. The monoisotopic (exact) mass is 316 g/mol. The Morgan fingerprint density at radius 1 is 1.14 bits per heavy atom. The lowest BCUT2D eigenvalue weighted by Crippen LogP contribution is -2.25. The number of benzene rings is 2. The fraction of sp³-hybridized carbons (Fsp3) is 0.235. The summed E-state index contributed by atoms with van der Waals surface area (Å²) in [7, 11) is 0.